The first-order chi connectivity index (χ1) is 12.8. The van der Waals surface area contributed by atoms with Gasteiger partial charge >= 0.3 is 0 Å². The number of nitrogens with zero attached hydrogens (tertiary/aromatic N) is 4. The van der Waals surface area contributed by atoms with Gasteiger partial charge in [0.2, 0.25) is 5.91 Å². The van der Waals surface area contributed by atoms with Crippen molar-refractivity contribution in [2.24, 2.45) is 0 Å². The van der Waals surface area contributed by atoms with E-state index in [1.807, 2.05) is 35.2 Å². The first-order valence-electron chi connectivity index (χ1n) is 8.60. The number of pyridine rings is 1. The fraction of sp³-hybridized carbons (Fsp3) is 0.316. The van der Waals surface area contributed by atoms with Gasteiger partial charge in [0.25, 0.3) is 0 Å². The maximum Gasteiger partial charge on any atom is 0.228 e. The average molecular weight is 368 g/mol. The van der Waals surface area contributed by atoms with Crippen LogP contribution in [0.2, 0.25) is 0 Å². The summed E-state index contributed by atoms with van der Waals surface area (Å²) in [4.78, 5) is 21.0. The molecule has 2 aromatic heterocycles. The predicted octanol–water partition coefficient (Wildman–Crippen LogP) is 2.59. The van der Waals surface area contributed by atoms with E-state index in [0.717, 1.165) is 40.3 Å². The maximum absolute atomic E-state index is 12.7. The fourth-order valence-electron chi connectivity index (χ4n) is 3.31. The van der Waals surface area contributed by atoms with Gasteiger partial charge in [-0.05, 0) is 23.7 Å². The third-order valence-corrected chi connectivity index (χ3v) is 5.59. The zero-order valence-electron chi connectivity index (χ0n) is 14.6. The van der Waals surface area contributed by atoms with Crippen molar-refractivity contribution in [2.45, 2.75) is 6.42 Å². The quantitative estimate of drug-likeness (QED) is 0.708. The lowest BCUT2D eigenvalue weighted by Gasteiger charge is -2.36. The lowest BCUT2D eigenvalue weighted by atomic mass is 10.1. The molecule has 7 heteroatoms. The number of hydrogen-bond donors (Lipinski definition) is 0. The van der Waals surface area contributed by atoms with E-state index in [1.54, 1.807) is 19.5 Å². The largest absolute Gasteiger partial charge is 0.493 e. The molecule has 0 N–H and O–H groups in total. The lowest BCUT2D eigenvalue weighted by Crippen LogP contribution is -2.49. The van der Waals surface area contributed by atoms with Gasteiger partial charge in [-0.15, -0.1) is 0 Å². The van der Waals surface area contributed by atoms with Crippen molar-refractivity contribution < 1.29 is 9.53 Å². The summed E-state index contributed by atoms with van der Waals surface area (Å²) in [6.45, 7) is 2.96. The number of piperazine rings is 1. The molecule has 26 heavy (non-hydrogen) atoms. The molecule has 1 amide bonds. The van der Waals surface area contributed by atoms with Crippen LogP contribution in [0.25, 0.3) is 10.1 Å². The number of fused-ring (bicyclic) bond motifs is 1. The lowest BCUT2D eigenvalue weighted by molar-refractivity contribution is -0.130. The molecule has 0 radical (unpaired) electrons. The Morgan fingerprint density at radius 3 is 2.81 bits per heavy atom. The van der Waals surface area contributed by atoms with Crippen molar-refractivity contribution in [1.29, 1.82) is 0 Å². The Morgan fingerprint density at radius 1 is 1.19 bits per heavy atom. The molecule has 1 saturated heterocycles. The first kappa shape index (κ1) is 16.8. The van der Waals surface area contributed by atoms with Crippen LogP contribution in [-0.2, 0) is 11.2 Å². The molecule has 3 heterocycles. The molecule has 3 aromatic rings. The van der Waals surface area contributed by atoms with Gasteiger partial charge in [-0.3, -0.25) is 9.78 Å². The molecule has 1 fully saturated rings. The van der Waals surface area contributed by atoms with E-state index in [4.69, 9.17) is 4.74 Å². The molecule has 0 unspecified atom stereocenters. The molecule has 0 bridgehead atoms. The Hall–Kier alpha value is -2.67. The highest BCUT2D eigenvalue weighted by Gasteiger charge is 2.24. The third kappa shape index (κ3) is 3.22. The smallest absolute Gasteiger partial charge is 0.228 e. The van der Waals surface area contributed by atoms with E-state index in [2.05, 4.69) is 14.3 Å². The summed E-state index contributed by atoms with van der Waals surface area (Å²) in [5.74, 6) is 0.906. The summed E-state index contributed by atoms with van der Waals surface area (Å²) in [6, 6.07) is 10.0. The van der Waals surface area contributed by atoms with Crippen LogP contribution in [0.4, 0.5) is 5.69 Å². The minimum Gasteiger partial charge on any atom is -0.493 e. The van der Waals surface area contributed by atoms with Crippen molar-refractivity contribution in [3.8, 4) is 5.75 Å². The molecule has 0 spiro atoms. The van der Waals surface area contributed by atoms with E-state index >= 15 is 0 Å². The van der Waals surface area contributed by atoms with Gasteiger partial charge in [0.1, 0.15) is 0 Å². The second-order valence-corrected chi connectivity index (χ2v) is 7.02. The number of anilines is 1. The Balaban J connectivity index is 1.41. The summed E-state index contributed by atoms with van der Waals surface area (Å²) in [7, 11) is 1.65. The van der Waals surface area contributed by atoms with E-state index in [9.17, 15) is 4.79 Å². The number of hydrogen-bond acceptors (Lipinski definition) is 6. The third-order valence-electron chi connectivity index (χ3n) is 4.73. The van der Waals surface area contributed by atoms with Crippen molar-refractivity contribution in [3.05, 3.63) is 48.4 Å². The number of rotatable bonds is 4. The van der Waals surface area contributed by atoms with Crippen molar-refractivity contribution in [1.82, 2.24) is 14.3 Å². The molecule has 134 valence electrons. The summed E-state index contributed by atoms with van der Waals surface area (Å²) in [5.41, 5.74) is 1.91. The SMILES string of the molecule is COc1cnccc1N1CCN(C(=O)Cc2nsc3ccccc23)CC1. The second-order valence-electron chi connectivity index (χ2n) is 6.22. The highest BCUT2D eigenvalue weighted by molar-refractivity contribution is 7.13. The molecule has 1 aliphatic heterocycles. The van der Waals surface area contributed by atoms with Crippen molar-refractivity contribution in [2.75, 3.05) is 38.2 Å². The number of methoxy groups -OCH3 is 1. The van der Waals surface area contributed by atoms with Gasteiger partial charge in [-0.2, -0.15) is 4.37 Å². The molecule has 1 aliphatic rings. The molecule has 1 aromatic carbocycles. The maximum atomic E-state index is 12.7. The van der Waals surface area contributed by atoms with Crippen LogP contribution in [0, 0.1) is 0 Å². The minimum atomic E-state index is 0.141. The van der Waals surface area contributed by atoms with Crippen LogP contribution in [0.3, 0.4) is 0 Å². The highest BCUT2D eigenvalue weighted by atomic mass is 32.1. The summed E-state index contributed by atoms with van der Waals surface area (Å²) in [5, 5.41) is 1.09. The van der Waals surface area contributed by atoms with Gasteiger partial charge in [0, 0.05) is 37.8 Å². The van der Waals surface area contributed by atoms with Crippen LogP contribution >= 0.6 is 11.5 Å². The fourth-order valence-corrected chi connectivity index (χ4v) is 4.10. The van der Waals surface area contributed by atoms with Gasteiger partial charge in [0.15, 0.2) is 5.75 Å². The number of aromatic nitrogens is 2. The van der Waals surface area contributed by atoms with Crippen LogP contribution in [-0.4, -0.2) is 53.5 Å². The summed E-state index contributed by atoms with van der Waals surface area (Å²) in [6.07, 6.45) is 3.85. The molecule has 0 aliphatic carbocycles. The van der Waals surface area contributed by atoms with Crippen molar-refractivity contribution >= 4 is 33.2 Å². The zero-order valence-corrected chi connectivity index (χ0v) is 15.4. The Labute approximate surface area is 156 Å². The molecular weight excluding hydrogens is 348 g/mol. The predicted molar refractivity (Wildman–Crippen MR) is 103 cm³/mol. The number of amides is 1. The minimum absolute atomic E-state index is 0.141. The number of carbonyl (C=O) groups is 1. The monoisotopic (exact) mass is 368 g/mol. The number of ether oxygens (including phenoxy) is 1. The zero-order chi connectivity index (χ0) is 17.9. The molecule has 6 nitrogen and oxygen atoms in total. The number of benzene rings is 1. The van der Waals surface area contributed by atoms with Crippen LogP contribution in [0.1, 0.15) is 5.69 Å². The molecule has 4 rings (SSSR count). The summed E-state index contributed by atoms with van der Waals surface area (Å²) < 4.78 is 11.0. The van der Waals surface area contributed by atoms with Crippen LogP contribution in [0.15, 0.2) is 42.7 Å². The van der Waals surface area contributed by atoms with E-state index in [0.29, 0.717) is 19.5 Å². The van der Waals surface area contributed by atoms with Gasteiger partial charge < -0.3 is 14.5 Å². The normalized spacial score (nSPS) is 14.7. The topological polar surface area (TPSA) is 58.6 Å². The number of carbonyl (C=O) groups excluding carboxylic acids is 1. The van der Waals surface area contributed by atoms with Crippen LogP contribution in [0.5, 0.6) is 5.75 Å². The van der Waals surface area contributed by atoms with Gasteiger partial charge in [-0.1, -0.05) is 18.2 Å². The van der Waals surface area contributed by atoms with Gasteiger partial charge in [0.05, 0.1) is 35.8 Å². The molecule has 0 saturated carbocycles. The van der Waals surface area contributed by atoms with Crippen LogP contribution < -0.4 is 9.64 Å². The van der Waals surface area contributed by atoms with Gasteiger partial charge in [-0.25, -0.2) is 0 Å². The van der Waals surface area contributed by atoms with E-state index in [1.165, 1.54) is 11.5 Å². The molecule has 0 atom stereocenters. The second kappa shape index (κ2) is 7.29. The summed E-state index contributed by atoms with van der Waals surface area (Å²) >= 11 is 1.46. The van der Waals surface area contributed by atoms with Crippen molar-refractivity contribution in [3.63, 3.8) is 0 Å². The van der Waals surface area contributed by atoms with E-state index in [-0.39, 0.29) is 5.91 Å². The highest BCUT2D eigenvalue weighted by Crippen LogP contribution is 2.28. The standard InChI is InChI=1S/C19H20N4O2S/c1-25-17-13-20-7-6-16(17)22-8-10-23(11-9-22)19(24)12-15-14-4-2-3-5-18(14)26-21-15/h2-7,13H,8-12H2,1H3. The Kier molecular flexibility index (Phi) is 4.71. The molecular formula is C19H20N4O2S. The Morgan fingerprint density at radius 2 is 2.00 bits per heavy atom. The van der Waals surface area contributed by atoms with E-state index < -0.39 is 0 Å². The average Bonchev–Trinajstić information content (AvgIpc) is 3.11. The Bertz CT molecular complexity index is 919. The first-order valence-corrected chi connectivity index (χ1v) is 9.37.